The Bertz CT molecular complexity index is 244. The molecule has 1 aliphatic rings. The summed E-state index contributed by atoms with van der Waals surface area (Å²) in [5, 5.41) is 3.45. The van der Waals surface area contributed by atoms with Gasteiger partial charge in [-0.1, -0.05) is 27.2 Å². The van der Waals surface area contributed by atoms with E-state index >= 15 is 0 Å². The molecule has 1 fully saturated rings. The van der Waals surface area contributed by atoms with Crippen LogP contribution in [0.3, 0.4) is 0 Å². The van der Waals surface area contributed by atoms with Gasteiger partial charge in [0, 0.05) is 20.3 Å². The van der Waals surface area contributed by atoms with Crippen molar-refractivity contribution in [3.8, 4) is 0 Å². The number of carbonyl (C=O) groups is 1. The van der Waals surface area contributed by atoms with E-state index in [0.717, 1.165) is 25.8 Å². The van der Waals surface area contributed by atoms with E-state index < -0.39 is 0 Å². The molecule has 4 nitrogen and oxygen atoms in total. The van der Waals surface area contributed by atoms with Crippen LogP contribution in [0.15, 0.2) is 0 Å². The molecule has 1 heterocycles. The van der Waals surface area contributed by atoms with Gasteiger partial charge < -0.3 is 9.64 Å². The Kier molecular flexibility index (Phi) is 5.92. The van der Waals surface area contributed by atoms with E-state index in [-0.39, 0.29) is 18.1 Å². The van der Waals surface area contributed by atoms with Crippen molar-refractivity contribution in [2.75, 3.05) is 20.3 Å². The van der Waals surface area contributed by atoms with Gasteiger partial charge in [-0.3, -0.25) is 10.1 Å². The Morgan fingerprint density at radius 3 is 2.71 bits per heavy atom. The smallest absolute Gasteiger partial charge is 0.241 e. The number of rotatable bonds is 7. The van der Waals surface area contributed by atoms with Crippen molar-refractivity contribution in [2.24, 2.45) is 5.92 Å². The minimum Gasteiger partial charge on any atom is -0.385 e. The van der Waals surface area contributed by atoms with E-state index in [1.54, 1.807) is 7.11 Å². The first-order chi connectivity index (χ1) is 8.11. The van der Waals surface area contributed by atoms with Crippen LogP contribution in [0.2, 0.25) is 0 Å². The summed E-state index contributed by atoms with van der Waals surface area (Å²) in [6.45, 7) is 7.94. The van der Waals surface area contributed by atoms with Gasteiger partial charge in [-0.15, -0.1) is 0 Å². The number of methoxy groups -OCH3 is 1. The van der Waals surface area contributed by atoms with Gasteiger partial charge in [0.05, 0.1) is 12.2 Å². The molecule has 1 N–H and O–H groups in total. The van der Waals surface area contributed by atoms with Gasteiger partial charge >= 0.3 is 0 Å². The lowest BCUT2D eigenvalue weighted by Crippen LogP contribution is -2.42. The maximum Gasteiger partial charge on any atom is 0.241 e. The second-order valence-corrected chi connectivity index (χ2v) is 5.07. The number of carbonyl (C=O) groups excluding carboxylic acids is 1. The van der Waals surface area contributed by atoms with Crippen molar-refractivity contribution in [2.45, 2.75) is 52.2 Å². The molecule has 17 heavy (non-hydrogen) atoms. The van der Waals surface area contributed by atoms with E-state index in [0.29, 0.717) is 12.5 Å². The van der Waals surface area contributed by atoms with Crippen LogP contribution < -0.4 is 5.32 Å². The molecule has 0 radical (unpaired) electrons. The van der Waals surface area contributed by atoms with Crippen molar-refractivity contribution >= 4 is 5.91 Å². The summed E-state index contributed by atoms with van der Waals surface area (Å²) in [5.41, 5.74) is 0. The number of ether oxygens (including phenoxy) is 1. The molecule has 0 aromatic heterocycles. The lowest BCUT2D eigenvalue weighted by Gasteiger charge is -2.27. The summed E-state index contributed by atoms with van der Waals surface area (Å²) >= 11 is 0. The Morgan fingerprint density at radius 1 is 1.47 bits per heavy atom. The summed E-state index contributed by atoms with van der Waals surface area (Å²) < 4.78 is 5.05. The number of hydrogen-bond donors (Lipinski definition) is 1. The highest BCUT2D eigenvalue weighted by Gasteiger charge is 2.38. The lowest BCUT2D eigenvalue weighted by atomic mass is 10.1. The maximum absolute atomic E-state index is 12.2. The van der Waals surface area contributed by atoms with Gasteiger partial charge in [-0.05, 0) is 18.8 Å². The minimum atomic E-state index is 0.0231. The Hall–Kier alpha value is -0.610. The molecule has 0 aromatic carbocycles. The summed E-state index contributed by atoms with van der Waals surface area (Å²) in [4.78, 5) is 14.2. The second-order valence-electron chi connectivity index (χ2n) is 5.07. The fourth-order valence-corrected chi connectivity index (χ4v) is 2.38. The highest BCUT2D eigenvalue weighted by Crippen LogP contribution is 2.20. The minimum absolute atomic E-state index is 0.0231. The third kappa shape index (κ3) is 3.68. The van der Waals surface area contributed by atoms with Crippen LogP contribution in [-0.4, -0.2) is 43.3 Å². The summed E-state index contributed by atoms with van der Waals surface area (Å²) in [6, 6.07) is 0.0231. The first-order valence-corrected chi connectivity index (χ1v) is 6.67. The van der Waals surface area contributed by atoms with Gasteiger partial charge in [0.2, 0.25) is 5.91 Å². The summed E-state index contributed by atoms with van der Waals surface area (Å²) in [5.74, 6) is 0.713. The molecule has 2 atom stereocenters. The molecule has 4 heteroatoms. The number of nitrogens with one attached hydrogen (secondary N) is 1. The largest absolute Gasteiger partial charge is 0.385 e. The van der Waals surface area contributed by atoms with E-state index in [2.05, 4.69) is 26.1 Å². The van der Waals surface area contributed by atoms with E-state index in [9.17, 15) is 4.79 Å². The molecule has 0 saturated carbocycles. The van der Waals surface area contributed by atoms with Crippen LogP contribution in [0, 0.1) is 5.92 Å². The lowest BCUT2D eigenvalue weighted by molar-refractivity contribution is -0.130. The second kappa shape index (κ2) is 6.97. The van der Waals surface area contributed by atoms with Crippen LogP contribution in [0.1, 0.15) is 40.0 Å². The Morgan fingerprint density at radius 2 is 2.18 bits per heavy atom. The summed E-state index contributed by atoms with van der Waals surface area (Å²) in [6.07, 6.45) is 3.07. The molecule has 0 bridgehead atoms. The fraction of sp³-hybridized carbons (Fsp3) is 0.923. The van der Waals surface area contributed by atoms with E-state index in [1.807, 2.05) is 4.90 Å². The van der Waals surface area contributed by atoms with Gasteiger partial charge in [0.1, 0.15) is 0 Å². The monoisotopic (exact) mass is 242 g/mol. The van der Waals surface area contributed by atoms with Crippen molar-refractivity contribution in [1.82, 2.24) is 10.2 Å². The van der Waals surface area contributed by atoms with Gasteiger partial charge in [0.25, 0.3) is 0 Å². The quantitative estimate of drug-likeness (QED) is 0.690. The first-order valence-electron chi connectivity index (χ1n) is 6.67. The van der Waals surface area contributed by atoms with E-state index in [1.165, 1.54) is 0 Å². The van der Waals surface area contributed by atoms with Crippen LogP contribution >= 0.6 is 0 Å². The zero-order valence-corrected chi connectivity index (χ0v) is 11.5. The van der Waals surface area contributed by atoms with Crippen molar-refractivity contribution in [1.29, 1.82) is 0 Å². The summed E-state index contributed by atoms with van der Waals surface area (Å²) in [7, 11) is 1.70. The van der Waals surface area contributed by atoms with Crippen LogP contribution in [-0.2, 0) is 9.53 Å². The van der Waals surface area contributed by atoms with Crippen molar-refractivity contribution in [3.63, 3.8) is 0 Å². The zero-order chi connectivity index (χ0) is 12.8. The number of hydrogen-bond acceptors (Lipinski definition) is 3. The average Bonchev–Trinajstić information content (AvgIpc) is 2.59. The normalized spacial score (nSPS) is 25.0. The SMILES string of the molecule is CCCC1NC(C(C)C)N(CCCOC)C1=O. The topological polar surface area (TPSA) is 41.6 Å². The molecular weight excluding hydrogens is 216 g/mol. The number of nitrogens with zero attached hydrogens (tertiary/aromatic N) is 1. The predicted octanol–water partition coefficient (Wildman–Crippen LogP) is 1.61. The van der Waals surface area contributed by atoms with Gasteiger partial charge in [0.15, 0.2) is 0 Å². The maximum atomic E-state index is 12.2. The molecule has 0 spiro atoms. The molecular formula is C13H26N2O2. The molecule has 100 valence electrons. The zero-order valence-electron chi connectivity index (χ0n) is 11.5. The third-order valence-corrected chi connectivity index (χ3v) is 3.25. The fourth-order valence-electron chi connectivity index (χ4n) is 2.38. The molecule has 1 amide bonds. The molecule has 1 rings (SSSR count). The standard InChI is InChI=1S/C13H26N2O2/c1-5-7-11-13(16)15(8-6-9-17-4)12(14-11)10(2)3/h10-12,14H,5-9H2,1-4H3. The highest BCUT2D eigenvalue weighted by molar-refractivity contribution is 5.84. The van der Waals surface area contributed by atoms with Crippen molar-refractivity contribution in [3.05, 3.63) is 0 Å². The van der Waals surface area contributed by atoms with Crippen molar-refractivity contribution < 1.29 is 9.53 Å². The highest BCUT2D eigenvalue weighted by atomic mass is 16.5. The predicted molar refractivity (Wildman–Crippen MR) is 68.7 cm³/mol. The van der Waals surface area contributed by atoms with Crippen LogP contribution in [0.25, 0.3) is 0 Å². The molecule has 0 aromatic rings. The molecule has 0 aliphatic carbocycles. The Balaban J connectivity index is 2.59. The Labute approximate surface area is 105 Å². The first kappa shape index (κ1) is 14.5. The van der Waals surface area contributed by atoms with Gasteiger partial charge in [-0.2, -0.15) is 0 Å². The van der Waals surface area contributed by atoms with Crippen LogP contribution in [0.5, 0.6) is 0 Å². The molecule has 1 saturated heterocycles. The molecule has 1 aliphatic heterocycles. The average molecular weight is 242 g/mol. The molecule has 2 unspecified atom stereocenters. The third-order valence-electron chi connectivity index (χ3n) is 3.25. The van der Waals surface area contributed by atoms with E-state index in [4.69, 9.17) is 4.74 Å². The van der Waals surface area contributed by atoms with Crippen LogP contribution in [0.4, 0.5) is 0 Å². The number of amides is 1. The van der Waals surface area contributed by atoms with Gasteiger partial charge in [-0.25, -0.2) is 0 Å².